The first-order valence-corrected chi connectivity index (χ1v) is 11.0. The number of halogens is 1. The average Bonchev–Trinajstić information content (AvgIpc) is 2.70. The van der Waals surface area contributed by atoms with Gasteiger partial charge in [-0.15, -0.1) is 0 Å². The smallest absolute Gasteiger partial charge is 0.261 e. The molecule has 0 saturated carbocycles. The van der Waals surface area contributed by atoms with Crippen molar-refractivity contribution >= 4 is 33.2 Å². The van der Waals surface area contributed by atoms with Gasteiger partial charge in [0.05, 0.1) is 11.9 Å². The van der Waals surface area contributed by atoms with Gasteiger partial charge in [-0.3, -0.25) is 9.10 Å². The summed E-state index contributed by atoms with van der Waals surface area (Å²) in [7, 11) is -3.52. The van der Waals surface area contributed by atoms with Gasteiger partial charge in [-0.2, -0.15) is 0 Å². The van der Waals surface area contributed by atoms with Crippen LogP contribution in [0.15, 0.2) is 18.2 Å². The van der Waals surface area contributed by atoms with Gasteiger partial charge in [0, 0.05) is 24.0 Å². The molecule has 146 valence electrons. The van der Waals surface area contributed by atoms with Crippen molar-refractivity contribution in [1.82, 2.24) is 5.32 Å². The number of nitrogens with zero attached hydrogens (tertiary/aromatic N) is 1. The van der Waals surface area contributed by atoms with E-state index in [0.29, 0.717) is 16.5 Å². The van der Waals surface area contributed by atoms with Crippen LogP contribution in [0.5, 0.6) is 5.75 Å². The Morgan fingerprint density at radius 2 is 1.88 bits per heavy atom. The minimum absolute atomic E-state index is 0.0186. The van der Waals surface area contributed by atoms with Crippen molar-refractivity contribution < 1.29 is 17.9 Å². The SMILES string of the molecule is CC(C)C(NC(=O)[C@@H]1CCN(S(C)(=O)=O)c2cc(Cl)ccc2O1)C(C)C. The summed E-state index contributed by atoms with van der Waals surface area (Å²) in [5.41, 5.74) is 0.361. The number of anilines is 1. The molecule has 26 heavy (non-hydrogen) atoms. The summed E-state index contributed by atoms with van der Waals surface area (Å²) in [5, 5.41) is 3.46. The van der Waals surface area contributed by atoms with Gasteiger partial charge in [0.1, 0.15) is 5.75 Å². The Morgan fingerprint density at radius 1 is 1.27 bits per heavy atom. The van der Waals surface area contributed by atoms with Gasteiger partial charge < -0.3 is 10.1 Å². The Bertz CT molecular complexity index is 756. The van der Waals surface area contributed by atoms with Crippen LogP contribution in [0.1, 0.15) is 34.1 Å². The van der Waals surface area contributed by atoms with Gasteiger partial charge >= 0.3 is 0 Å². The van der Waals surface area contributed by atoms with E-state index >= 15 is 0 Å². The monoisotopic (exact) mass is 402 g/mol. The molecule has 1 amide bonds. The van der Waals surface area contributed by atoms with E-state index in [-0.39, 0.29) is 36.8 Å². The molecule has 0 aromatic heterocycles. The molecule has 1 aromatic carbocycles. The first-order chi connectivity index (χ1) is 12.0. The molecule has 0 unspecified atom stereocenters. The van der Waals surface area contributed by atoms with Crippen LogP contribution in [0.3, 0.4) is 0 Å². The summed E-state index contributed by atoms with van der Waals surface area (Å²) in [6.45, 7) is 8.38. The molecule has 0 aliphatic carbocycles. The van der Waals surface area contributed by atoms with Crippen LogP contribution < -0.4 is 14.4 Å². The van der Waals surface area contributed by atoms with E-state index in [4.69, 9.17) is 16.3 Å². The maximum atomic E-state index is 12.8. The van der Waals surface area contributed by atoms with Gasteiger partial charge in [0.15, 0.2) is 6.10 Å². The number of hydrogen-bond donors (Lipinski definition) is 1. The zero-order valence-corrected chi connectivity index (χ0v) is 17.4. The lowest BCUT2D eigenvalue weighted by atomic mass is 9.93. The zero-order chi connectivity index (χ0) is 19.6. The van der Waals surface area contributed by atoms with Crippen LogP contribution in [0.25, 0.3) is 0 Å². The van der Waals surface area contributed by atoms with E-state index in [9.17, 15) is 13.2 Å². The number of carbonyl (C=O) groups excluding carboxylic acids is 1. The first-order valence-electron chi connectivity index (χ1n) is 8.75. The van der Waals surface area contributed by atoms with Gasteiger partial charge in [-0.05, 0) is 30.0 Å². The fourth-order valence-corrected chi connectivity index (χ4v) is 4.35. The number of fused-ring (bicyclic) bond motifs is 1. The van der Waals surface area contributed by atoms with Crippen molar-refractivity contribution in [3.05, 3.63) is 23.2 Å². The number of rotatable bonds is 5. The number of nitrogens with one attached hydrogen (secondary N) is 1. The fraction of sp³-hybridized carbons (Fsp3) is 0.611. The molecule has 0 fully saturated rings. The molecule has 6 nitrogen and oxygen atoms in total. The number of sulfonamides is 1. The van der Waals surface area contributed by atoms with Gasteiger partial charge in [0.25, 0.3) is 5.91 Å². The van der Waals surface area contributed by atoms with E-state index in [1.165, 1.54) is 4.31 Å². The van der Waals surface area contributed by atoms with E-state index in [1.807, 2.05) is 0 Å². The average molecular weight is 403 g/mol. The third-order valence-electron chi connectivity index (χ3n) is 4.49. The van der Waals surface area contributed by atoms with E-state index < -0.39 is 16.1 Å². The molecule has 1 N–H and O–H groups in total. The molecular formula is C18H27ClN2O4S. The minimum Gasteiger partial charge on any atom is -0.478 e. The van der Waals surface area contributed by atoms with Crippen molar-refractivity contribution in [2.75, 3.05) is 17.1 Å². The van der Waals surface area contributed by atoms with Crippen molar-refractivity contribution in [2.24, 2.45) is 11.8 Å². The van der Waals surface area contributed by atoms with Crippen molar-refractivity contribution in [2.45, 2.75) is 46.3 Å². The predicted molar refractivity (Wildman–Crippen MR) is 104 cm³/mol. The highest BCUT2D eigenvalue weighted by molar-refractivity contribution is 7.92. The number of benzene rings is 1. The van der Waals surface area contributed by atoms with E-state index in [2.05, 4.69) is 33.0 Å². The molecule has 0 saturated heterocycles. The van der Waals surface area contributed by atoms with Gasteiger partial charge in [-0.25, -0.2) is 8.42 Å². The van der Waals surface area contributed by atoms with Crippen molar-refractivity contribution in [3.8, 4) is 5.75 Å². The minimum atomic E-state index is -3.52. The zero-order valence-electron chi connectivity index (χ0n) is 15.8. The summed E-state index contributed by atoms with van der Waals surface area (Å²) in [5.74, 6) is 0.670. The quantitative estimate of drug-likeness (QED) is 0.821. The number of carbonyl (C=O) groups is 1. The lowest BCUT2D eigenvalue weighted by molar-refractivity contribution is -0.129. The highest BCUT2D eigenvalue weighted by atomic mass is 35.5. The summed E-state index contributed by atoms with van der Waals surface area (Å²) >= 11 is 6.03. The van der Waals surface area contributed by atoms with Crippen molar-refractivity contribution in [1.29, 1.82) is 0 Å². The maximum Gasteiger partial charge on any atom is 0.261 e. The maximum absolute atomic E-state index is 12.8. The number of hydrogen-bond acceptors (Lipinski definition) is 4. The normalized spacial score (nSPS) is 17.9. The van der Waals surface area contributed by atoms with Crippen LogP contribution in [0.2, 0.25) is 5.02 Å². The second kappa shape index (κ2) is 8.05. The second-order valence-corrected chi connectivity index (χ2v) is 9.71. The largest absolute Gasteiger partial charge is 0.478 e. The van der Waals surface area contributed by atoms with Crippen LogP contribution >= 0.6 is 11.6 Å². The summed E-state index contributed by atoms with van der Waals surface area (Å²) < 4.78 is 31.5. The molecule has 0 radical (unpaired) electrons. The lowest BCUT2D eigenvalue weighted by Gasteiger charge is -2.28. The molecule has 0 bridgehead atoms. The highest BCUT2D eigenvalue weighted by Crippen LogP contribution is 2.36. The Hall–Kier alpha value is -1.47. The van der Waals surface area contributed by atoms with Crippen LogP contribution in [-0.4, -0.2) is 39.3 Å². The van der Waals surface area contributed by atoms with Gasteiger partial charge in [-0.1, -0.05) is 39.3 Å². The lowest BCUT2D eigenvalue weighted by Crippen LogP contribution is -2.48. The first kappa shape index (κ1) is 20.8. The molecule has 0 spiro atoms. The number of ether oxygens (including phenoxy) is 1. The molecule has 2 rings (SSSR count). The van der Waals surface area contributed by atoms with Crippen molar-refractivity contribution in [3.63, 3.8) is 0 Å². The summed E-state index contributed by atoms with van der Waals surface area (Å²) in [4.78, 5) is 12.8. The predicted octanol–water partition coefficient (Wildman–Crippen LogP) is 3.05. The third-order valence-corrected chi connectivity index (χ3v) is 5.91. The summed E-state index contributed by atoms with van der Waals surface area (Å²) in [6, 6.07) is 4.78. The molecule has 1 aromatic rings. The molecule has 1 atom stereocenters. The van der Waals surface area contributed by atoms with Crippen LogP contribution in [0, 0.1) is 11.8 Å². The summed E-state index contributed by atoms with van der Waals surface area (Å²) in [6.07, 6.45) is 0.626. The highest BCUT2D eigenvalue weighted by Gasteiger charge is 2.33. The van der Waals surface area contributed by atoms with Crippen LogP contribution in [-0.2, 0) is 14.8 Å². The topological polar surface area (TPSA) is 75.7 Å². The Balaban J connectivity index is 2.30. The fourth-order valence-electron chi connectivity index (χ4n) is 3.24. The Kier molecular flexibility index (Phi) is 6.45. The Labute approximate surface area is 160 Å². The molecular weight excluding hydrogens is 376 g/mol. The molecule has 1 aliphatic rings. The van der Waals surface area contributed by atoms with E-state index in [1.54, 1.807) is 18.2 Å². The van der Waals surface area contributed by atoms with Gasteiger partial charge in [0.2, 0.25) is 10.0 Å². The second-order valence-electron chi connectivity index (χ2n) is 7.36. The third kappa shape index (κ3) is 4.82. The van der Waals surface area contributed by atoms with Crippen LogP contribution in [0.4, 0.5) is 5.69 Å². The number of amides is 1. The molecule has 1 heterocycles. The standard InChI is InChI=1S/C18H27ClN2O4S/c1-11(2)17(12(3)4)20-18(22)16-8-9-21(26(5,23)24)14-10-13(19)6-7-15(14)25-16/h6-7,10-12,16-17H,8-9H2,1-5H3,(H,20,22)/t16-/m0/s1. The molecule has 1 aliphatic heterocycles. The Morgan fingerprint density at radius 3 is 2.42 bits per heavy atom. The molecule has 8 heteroatoms. The van der Waals surface area contributed by atoms with E-state index in [0.717, 1.165) is 6.26 Å².